The lowest BCUT2D eigenvalue weighted by Crippen LogP contribution is -2.60. The topological polar surface area (TPSA) is 32.3 Å². The van der Waals surface area contributed by atoms with Crippen molar-refractivity contribution in [1.29, 1.82) is 0 Å². The highest BCUT2D eigenvalue weighted by Crippen LogP contribution is 2.32. The molecule has 136 valence electrons. The molecule has 3 heterocycles. The average Bonchev–Trinajstić information content (AvgIpc) is 2.63. The highest BCUT2D eigenvalue weighted by molar-refractivity contribution is 7.99. The molecule has 1 N–H and O–H groups in total. The molecule has 26 heavy (non-hydrogen) atoms. The molecule has 3 aliphatic heterocycles. The molecule has 2 aromatic rings. The lowest BCUT2D eigenvalue weighted by molar-refractivity contribution is 0.0274. The number of hydrogen-bond donors (Lipinski definition) is 1. The van der Waals surface area contributed by atoms with Crippen LogP contribution in [0.3, 0.4) is 0 Å². The maximum absolute atomic E-state index is 12.6. The van der Waals surface area contributed by atoms with E-state index in [2.05, 4.69) is 17.1 Å². The Kier molecular flexibility index (Phi) is 5.25. The minimum atomic E-state index is 0.0377. The Labute approximate surface area is 164 Å². The molecule has 4 atom stereocenters. The van der Waals surface area contributed by atoms with E-state index >= 15 is 0 Å². The Hall–Kier alpha value is -1.49. The van der Waals surface area contributed by atoms with Crippen LogP contribution in [0, 0.1) is 5.92 Å². The second-order valence-corrected chi connectivity index (χ2v) is 8.88. The maximum atomic E-state index is 12.6. The first-order valence-corrected chi connectivity index (χ1v) is 10.4. The summed E-state index contributed by atoms with van der Waals surface area (Å²) in [5, 5.41) is 3.99. The number of fused-ring (bicyclic) bond motifs is 3. The average molecular weight is 387 g/mol. The number of piperidine rings is 3. The van der Waals surface area contributed by atoms with Crippen molar-refractivity contribution in [2.75, 3.05) is 13.1 Å². The van der Waals surface area contributed by atoms with Gasteiger partial charge in [-0.15, -0.1) is 0 Å². The van der Waals surface area contributed by atoms with Crippen molar-refractivity contribution in [2.24, 2.45) is 5.92 Å². The van der Waals surface area contributed by atoms with E-state index in [4.69, 9.17) is 11.6 Å². The van der Waals surface area contributed by atoms with Crippen molar-refractivity contribution >= 4 is 29.3 Å². The first-order valence-electron chi connectivity index (χ1n) is 9.17. The molecule has 3 fully saturated rings. The van der Waals surface area contributed by atoms with Gasteiger partial charge >= 0.3 is 0 Å². The van der Waals surface area contributed by atoms with Crippen molar-refractivity contribution in [3.05, 3.63) is 59.1 Å². The van der Waals surface area contributed by atoms with Crippen molar-refractivity contribution in [1.82, 2.24) is 10.2 Å². The van der Waals surface area contributed by atoms with Gasteiger partial charge in [-0.3, -0.25) is 9.69 Å². The van der Waals surface area contributed by atoms with E-state index in [1.54, 1.807) is 11.8 Å². The van der Waals surface area contributed by atoms with E-state index in [1.807, 2.05) is 48.5 Å². The van der Waals surface area contributed by atoms with Gasteiger partial charge < -0.3 is 5.32 Å². The standard InChI is InChI=1S/C21H23ClN2OS/c1-14-11-16-9-10-24(14)13-20(16)23-21(25)15-5-7-18(8-6-15)26-19-4-2-3-17(22)12-19/h2-8,12,14,16,20H,9-11,13H2,1H3,(H,23,25). The van der Waals surface area contributed by atoms with Gasteiger partial charge in [0.15, 0.2) is 0 Å². The smallest absolute Gasteiger partial charge is 0.251 e. The molecule has 3 saturated heterocycles. The first-order chi connectivity index (χ1) is 12.6. The van der Waals surface area contributed by atoms with Gasteiger partial charge in [-0.2, -0.15) is 0 Å². The van der Waals surface area contributed by atoms with Crippen LogP contribution in [0.4, 0.5) is 0 Å². The zero-order valence-corrected chi connectivity index (χ0v) is 16.4. The Morgan fingerprint density at radius 2 is 2.00 bits per heavy atom. The zero-order chi connectivity index (χ0) is 18.1. The van der Waals surface area contributed by atoms with E-state index in [9.17, 15) is 4.79 Å². The monoisotopic (exact) mass is 386 g/mol. The van der Waals surface area contributed by atoms with E-state index in [0.29, 0.717) is 12.0 Å². The second-order valence-electron chi connectivity index (χ2n) is 7.29. The van der Waals surface area contributed by atoms with Gasteiger partial charge in [0.2, 0.25) is 0 Å². The van der Waals surface area contributed by atoms with Crippen LogP contribution in [0.25, 0.3) is 0 Å². The van der Waals surface area contributed by atoms with E-state index in [-0.39, 0.29) is 11.9 Å². The molecular formula is C21H23ClN2OS. The van der Waals surface area contributed by atoms with Crippen LogP contribution in [-0.2, 0) is 0 Å². The van der Waals surface area contributed by atoms with Crippen LogP contribution in [0.1, 0.15) is 30.1 Å². The Bertz CT molecular complexity index is 795. The summed E-state index contributed by atoms with van der Waals surface area (Å²) in [6, 6.07) is 16.6. The van der Waals surface area contributed by atoms with Crippen molar-refractivity contribution in [3.63, 3.8) is 0 Å². The molecule has 5 heteroatoms. The van der Waals surface area contributed by atoms with E-state index in [0.717, 1.165) is 26.9 Å². The predicted molar refractivity (Wildman–Crippen MR) is 107 cm³/mol. The SMILES string of the molecule is CC1CC2CCN1CC2NC(=O)c1ccc(Sc2cccc(Cl)c2)cc1. The van der Waals surface area contributed by atoms with Crippen LogP contribution in [0.2, 0.25) is 5.02 Å². The second kappa shape index (κ2) is 7.63. The number of carbonyl (C=O) groups is 1. The number of nitrogens with zero attached hydrogens (tertiary/aromatic N) is 1. The maximum Gasteiger partial charge on any atom is 0.251 e. The van der Waals surface area contributed by atoms with E-state index < -0.39 is 0 Å². The zero-order valence-electron chi connectivity index (χ0n) is 14.8. The summed E-state index contributed by atoms with van der Waals surface area (Å²) in [6.45, 7) is 4.45. The highest BCUT2D eigenvalue weighted by Gasteiger charge is 2.38. The number of carbonyl (C=O) groups excluding carboxylic acids is 1. The first kappa shape index (κ1) is 17.9. The van der Waals surface area contributed by atoms with Crippen molar-refractivity contribution in [3.8, 4) is 0 Å². The molecule has 0 spiro atoms. The molecule has 4 unspecified atom stereocenters. The third-order valence-corrected chi connectivity index (χ3v) is 6.75. The fraction of sp³-hybridized carbons (Fsp3) is 0.381. The number of amides is 1. The number of nitrogens with one attached hydrogen (secondary N) is 1. The molecule has 5 rings (SSSR count). The van der Waals surface area contributed by atoms with Gasteiger partial charge in [0.25, 0.3) is 5.91 Å². The van der Waals surface area contributed by atoms with Gasteiger partial charge in [-0.25, -0.2) is 0 Å². The summed E-state index contributed by atoms with van der Waals surface area (Å²) in [5.41, 5.74) is 0.727. The molecule has 1 amide bonds. The Morgan fingerprint density at radius 3 is 2.65 bits per heavy atom. The molecule has 0 saturated carbocycles. The van der Waals surface area contributed by atoms with Crippen LogP contribution in [0.15, 0.2) is 58.3 Å². The number of rotatable bonds is 4. The van der Waals surface area contributed by atoms with Gasteiger partial charge in [0.1, 0.15) is 0 Å². The van der Waals surface area contributed by atoms with Gasteiger partial charge in [0, 0.05) is 39.0 Å². The Balaban J connectivity index is 1.38. The molecule has 0 radical (unpaired) electrons. The van der Waals surface area contributed by atoms with Gasteiger partial charge in [0.05, 0.1) is 0 Å². The molecule has 3 nitrogen and oxygen atoms in total. The molecule has 3 aliphatic rings. The lowest BCUT2D eigenvalue weighted by Gasteiger charge is -2.48. The summed E-state index contributed by atoms with van der Waals surface area (Å²) < 4.78 is 0. The highest BCUT2D eigenvalue weighted by atomic mass is 35.5. The summed E-state index contributed by atoms with van der Waals surface area (Å²) in [7, 11) is 0. The summed E-state index contributed by atoms with van der Waals surface area (Å²) in [5.74, 6) is 0.660. The summed E-state index contributed by atoms with van der Waals surface area (Å²) >= 11 is 7.68. The number of halogens is 1. The molecule has 0 aliphatic carbocycles. The third kappa shape index (κ3) is 3.93. The normalized spacial score (nSPS) is 27.3. The Morgan fingerprint density at radius 1 is 1.19 bits per heavy atom. The fourth-order valence-electron chi connectivity index (χ4n) is 4.05. The van der Waals surface area contributed by atoms with Gasteiger partial charge in [-0.05, 0) is 74.7 Å². The number of hydrogen-bond acceptors (Lipinski definition) is 3. The third-order valence-electron chi connectivity index (χ3n) is 5.52. The number of benzene rings is 2. The summed E-state index contributed by atoms with van der Waals surface area (Å²) in [6.07, 6.45) is 2.39. The quantitative estimate of drug-likeness (QED) is 0.826. The largest absolute Gasteiger partial charge is 0.348 e. The van der Waals surface area contributed by atoms with Crippen molar-refractivity contribution < 1.29 is 4.79 Å². The van der Waals surface area contributed by atoms with E-state index in [1.165, 1.54) is 19.4 Å². The molecule has 0 aromatic heterocycles. The lowest BCUT2D eigenvalue weighted by atomic mass is 9.80. The van der Waals surface area contributed by atoms with Crippen molar-refractivity contribution in [2.45, 2.75) is 41.6 Å². The summed E-state index contributed by atoms with van der Waals surface area (Å²) in [4.78, 5) is 17.3. The molecule has 2 bridgehead atoms. The molecule has 2 aromatic carbocycles. The van der Waals surface area contributed by atoms with Crippen LogP contribution in [0.5, 0.6) is 0 Å². The van der Waals surface area contributed by atoms with Crippen LogP contribution < -0.4 is 5.32 Å². The van der Waals surface area contributed by atoms with Gasteiger partial charge in [-0.1, -0.05) is 29.4 Å². The fourth-order valence-corrected chi connectivity index (χ4v) is 5.18. The van der Waals surface area contributed by atoms with Crippen LogP contribution in [-0.4, -0.2) is 36.0 Å². The molecular weight excluding hydrogens is 364 g/mol. The van der Waals surface area contributed by atoms with Crippen LogP contribution >= 0.6 is 23.4 Å². The minimum absolute atomic E-state index is 0.0377. The predicted octanol–water partition coefficient (Wildman–Crippen LogP) is 4.70. The minimum Gasteiger partial charge on any atom is -0.348 e.